The lowest BCUT2D eigenvalue weighted by Gasteiger charge is -2.21. The zero-order valence-electron chi connectivity index (χ0n) is 9.64. The standard InChI is InChI=1S/C12H20N2O2/c15-7-4-8-16-12-9-13-14(10-12)11-5-2-1-3-6-11/h9-11,15H,1-8H2. The van der Waals surface area contributed by atoms with Crippen molar-refractivity contribution in [3.63, 3.8) is 0 Å². The zero-order valence-corrected chi connectivity index (χ0v) is 9.64. The monoisotopic (exact) mass is 224 g/mol. The molecule has 0 radical (unpaired) electrons. The van der Waals surface area contributed by atoms with Crippen molar-refractivity contribution in [1.82, 2.24) is 9.78 Å². The summed E-state index contributed by atoms with van der Waals surface area (Å²) in [5, 5.41) is 13.0. The molecule has 0 atom stereocenters. The van der Waals surface area contributed by atoms with Crippen LogP contribution < -0.4 is 4.74 Å². The molecule has 0 amide bonds. The molecule has 4 heteroatoms. The maximum absolute atomic E-state index is 8.65. The average Bonchev–Trinajstić information content (AvgIpc) is 2.79. The lowest BCUT2D eigenvalue weighted by atomic mass is 9.96. The topological polar surface area (TPSA) is 47.3 Å². The van der Waals surface area contributed by atoms with Gasteiger partial charge in [0.2, 0.25) is 0 Å². The molecule has 4 nitrogen and oxygen atoms in total. The van der Waals surface area contributed by atoms with Crippen LogP contribution in [0.1, 0.15) is 44.6 Å². The molecule has 1 heterocycles. The summed E-state index contributed by atoms with van der Waals surface area (Å²) in [6.07, 6.45) is 10.9. The largest absolute Gasteiger partial charge is 0.490 e. The van der Waals surface area contributed by atoms with Crippen LogP contribution in [0.4, 0.5) is 0 Å². The first-order valence-electron chi connectivity index (χ1n) is 6.18. The fourth-order valence-corrected chi connectivity index (χ4v) is 2.19. The minimum atomic E-state index is 0.177. The van der Waals surface area contributed by atoms with Crippen molar-refractivity contribution >= 4 is 0 Å². The van der Waals surface area contributed by atoms with Gasteiger partial charge in [-0.1, -0.05) is 19.3 Å². The molecule has 0 spiro atoms. The SMILES string of the molecule is OCCCOc1cnn(C2CCCCC2)c1. The Balaban J connectivity index is 1.85. The molecule has 1 aliphatic rings. The van der Waals surface area contributed by atoms with Gasteiger partial charge < -0.3 is 9.84 Å². The third-order valence-corrected chi connectivity index (χ3v) is 3.10. The maximum atomic E-state index is 8.65. The first kappa shape index (κ1) is 11.5. The predicted molar refractivity (Wildman–Crippen MR) is 61.5 cm³/mol. The summed E-state index contributed by atoms with van der Waals surface area (Å²) in [6.45, 7) is 0.740. The second-order valence-corrected chi connectivity index (χ2v) is 4.37. The van der Waals surface area contributed by atoms with Gasteiger partial charge in [0.25, 0.3) is 0 Å². The van der Waals surface area contributed by atoms with Crippen molar-refractivity contribution in [2.24, 2.45) is 0 Å². The predicted octanol–water partition coefficient (Wildman–Crippen LogP) is 2.15. The average molecular weight is 224 g/mol. The Morgan fingerprint density at radius 3 is 2.94 bits per heavy atom. The second kappa shape index (κ2) is 5.89. The summed E-state index contributed by atoms with van der Waals surface area (Å²) < 4.78 is 7.51. The molecule has 2 rings (SSSR count). The van der Waals surface area contributed by atoms with Gasteiger partial charge in [-0.15, -0.1) is 0 Å². The van der Waals surface area contributed by atoms with Crippen LogP contribution in [0.3, 0.4) is 0 Å². The molecule has 1 saturated carbocycles. The van der Waals surface area contributed by atoms with Crippen LogP contribution in [0.5, 0.6) is 5.75 Å². The highest BCUT2D eigenvalue weighted by molar-refractivity contribution is 5.12. The molecule has 0 bridgehead atoms. The Bertz CT molecular complexity index is 306. The molecule has 1 aromatic rings. The number of rotatable bonds is 5. The van der Waals surface area contributed by atoms with Gasteiger partial charge in [-0.25, -0.2) is 0 Å². The van der Waals surface area contributed by atoms with Crippen LogP contribution in [0, 0.1) is 0 Å². The van der Waals surface area contributed by atoms with Gasteiger partial charge in [-0.3, -0.25) is 4.68 Å². The Hall–Kier alpha value is -1.03. The number of aliphatic hydroxyl groups is 1. The van der Waals surface area contributed by atoms with Crippen LogP contribution >= 0.6 is 0 Å². The van der Waals surface area contributed by atoms with Crippen molar-refractivity contribution in [2.75, 3.05) is 13.2 Å². The molecular formula is C12H20N2O2. The van der Waals surface area contributed by atoms with E-state index in [1.165, 1.54) is 32.1 Å². The van der Waals surface area contributed by atoms with Crippen LogP contribution in [0.25, 0.3) is 0 Å². The van der Waals surface area contributed by atoms with E-state index < -0.39 is 0 Å². The summed E-state index contributed by atoms with van der Waals surface area (Å²) in [6, 6.07) is 0.559. The summed E-state index contributed by atoms with van der Waals surface area (Å²) in [5.41, 5.74) is 0. The van der Waals surface area contributed by atoms with E-state index in [4.69, 9.17) is 9.84 Å². The number of hydrogen-bond donors (Lipinski definition) is 1. The molecule has 1 fully saturated rings. The Morgan fingerprint density at radius 1 is 1.38 bits per heavy atom. The first-order chi connectivity index (χ1) is 7.90. The van der Waals surface area contributed by atoms with Crippen LogP contribution in [-0.2, 0) is 0 Å². The normalized spacial score (nSPS) is 17.6. The maximum Gasteiger partial charge on any atom is 0.157 e. The highest BCUT2D eigenvalue weighted by Crippen LogP contribution is 2.28. The Morgan fingerprint density at radius 2 is 2.19 bits per heavy atom. The molecule has 0 aliphatic heterocycles. The smallest absolute Gasteiger partial charge is 0.157 e. The van der Waals surface area contributed by atoms with Gasteiger partial charge >= 0.3 is 0 Å². The van der Waals surface area contributed by atoms with Crippen LogP contribution in [-0.4, -0.2) is 28.1 Å². The third kappa shape index (κ3) is 2.98. The van der Waals surface area contributed by atoms with Crippen molar-refractivity contribution < 1.29 is 9.84 Å². The summed E-state index contributed by atoms with van der Waals surface area (Å²) >= 11 is 0. The highest BCUT2D eigenvalue weighted by Gasteiger charge is 2.16. The van der Waals surface area contributed by atoms with Crippen molar-refractivity contribution in [1.29, 1.82) is 0 Å². The molecule has 0 saturated heterocycles. The molecule has 16 heavy (non-hydrogen) atoms. The van der Waals surface area contributed by atoms with E-state index in [0.29, 0.717) is 19.1 Å². The highest BCUT2D eigenvalue weighted by atomic mass is 16.5. The van der Waals surface area contributed by atoms with Gasteiger partial charge in [0, 0.05) is 13.0 Å². The fraction of sp³-hybridized carbons (Fsp3) is 0.750. The van der Waals surface area contributed by atoms with Gasteiger partial charge in [-0.05, 0) is 12.8 Å². The number of aliphatic hydroxyl groups excluding tert-OH is 1. The molecule has 0 unspecified atom stereocenters. The minimum Gasteiger partial charge on any atom is -0.490 e. The van der Waals surface area contributed by atoms with E-state index in [9.17, 15) is 0 Å². The number of hydrogen-bond acceptors (Lipinski definition) is 3. The van der Waals surface area contributed by atoms with Crippen molar-refractivity contribution in [3.8, 4) is 5.75 Å². The molecular weight excluding hydrogens is 204 g/mol. The third-order valence-electron chi connectivity index (χ3n) is 3.10. The lowest BCUT2D eigenvalue weighted by Crippen LogP contribution is -2.12. The molecule has 1 aliphatic carbocycles. The van der Waals surface area contributed by atoms with E-state index in [1.807, 2.05) is 10.9 Å². The van der Waals surface area contributed by atoms with E-state index in [2.05, 4.69) is 5.10 Å². The summed E-state index contributed by atoms with van der Waals surface area (Å²) in [7, 11) is 0. The first-order valence-corrected chi connectivity index (χ1v) is 6.18. The second-order valence-electron chi connectivity index (χ2n) is 4.37. The molecule has 0 aromatic carbocycles. The minimum absolute atomic E-state index is 0.177. The van der Waals surface area contributed by atoms with Crippen LogP contribution in [0.2, 0.25) is 0 Å². The van der Waals surface area contributed by atoms with Crippen LogP contribution in [0.15, 0.2) is 12.4 Å². The number of nitrogens with zero attached hydrogens (tertiary/aromatic N) is 2. The fourth-order valence-electron chi connectivity index (χ4n) is 2.19. The van der Waals surface area contributed by atoms with Gasteiger partial charge in [0.05, 0.1) is 25.0 Å². The number of ether oxygens (including phenoxy) is 1. The van der Waals surface area contributed by atoms with Crippen molar-refractivity contribution in [2.45, 2.75) is 44.6 Å². The number of aromatic nitrogens is 2. The summed E-state index contributed by atoms with van der Waals surface area (Å²) in [4.78, 5) is 0. The molecule has 1 aromatic heterocycles. The van der Waals surface area contributed by atoms with E-state index in [0.717, 1.165) is 5.75 Å². The van der Waals surface area contributed by atoms with E-state index in [-0.39, 0.29) is 6.61 Å². The summed E-state index contributed by atoms with van der Waals surface area (Å²) in [5.74, 6) is 0.819. The van der Waals surface area contributed by atoms with Gasteiger partial charge in [0.15, 0.2) is 5.75 Å². The Labute approximate surface area is 96.2 Å². The van der Waals surface area contributed by atoms with Crippen molar-refractivity contribution in [3.05, 3.63) is 12.4 Å². The van der Waals surface area contributed by atoms with E-state index in [1.54, 1.807) is 6.20 Å². The van der Waals surface area contributed by atoms with E-state index >= 15 is 0 Å². The molecule has 1 N–H and O–H groups in total. The van der Waals surface area contributed by atoms with Gasteiger partial charge in [-0.2, -0.15) is 5.10 Å². The lowest BCUT2D eigenvalue weighted by molar-refractivity contribution is 0.233. The Kier molecular flexibility index (Phi) is 4.22. The van der Waals surface area contributed by atoms with Gasteiger partial charge in [0.1, 0.15) is 0 Å². The quantitative estimate of drug-likeness (QED) is 0.779. The molecule has 90 valence electrons. The zero-order chi connectivity index (χ0) is 11.2.